The van der Waals surface area contributed by atoms with Gasteiger partial charge in [-0.1, -0.05) is 12.1 Å². The zero-order valence-corrected chi connectivity index (χ0v) is 12.3. The van der Waals surface area contributed by atoms with Gasteiger partial charge < -0.3 is 5.11 Å². The Morgan fingerprint density at radius 1 is 1.28 bits per heavy atom. The van der Waals surface area contributed by atoms with Gasteiger partial charge in [0.2, 0.25) is 10.0 Å². The number of hydrogen-bond donors (Lipinski definition) is 2. The van der Waals surface area contributed by atoms with Gasteiger partial charge in [-0.25, -0.2) is 13.1 Å². The quantitative estimate of drug-likeness (QED) is 0.893. The molecule has 1 heterocycles. The highest BCUT2D eigenvalue weighted by Gasteiger charge is 2.18. The number of rotatable bonds is 4. The zero-order valence-electron chi connectivity index (χ0n) is 9.13. The van der Waals surface area contributed by atoms with Crippen LogP contribution in [0.25, 0.3) is 0 Å². The van der Waals surface area contributed by atoms with Crippen LogP contribution < -0.4 is 4.72 Å². The molecule has 4 nitrogen and oxygen atoms in total. The zero-order chi connectivity index (χ0) is 13.2. The summed E-state index contributed by atoms with van der Waals surface area (Å²) < 4.78 is 27.3. The van der Waals surface area contributed by atoms with Crippen LogP contribution in [0.5, 0.6) is 5.75 Å². The van der Waals surface area contributed by atoms with Crippen LogP contribution in [0.2, 0.25) is 0 Å². The lowest BCUT2D eigenvalue weighted by molar-refractivity contribution is 0.458. The second-order valence-corrected chi connectivity index (χ2v) is 7.07. The summed E-state index contributed by atoms with van der Waals surface area (Å²) in [7, 11) is -3.70. The van der Waals surface area contributed by atoms with Gasteiger partial charge in [0.15, 0.2) is 0 Å². The molecule has 96 valence electrons. The van der Waals surface area contributed by atoms with Crippen LogP contribution in [0.1, 0.15) is 4.88 Å². The van der Waals surface area contributed by atoms with Crippen LogP contribution in [0.3, 0.4) is 0 Å². The van der Waals surface area contributed by atoms with Crippen LogP contribution in [0.4, 0.5) is 0 Å². The molecule has 0 fully saturated rings. The molecule has 1 aromatic carbocycles. The van der Waals surface area contributed by atoms with Gasteiger partial charge in [-0.05, 0) is 39.5 Å². The van der Waals surface area contributed by atoms with Gasteiger partial charge in [-0.3, -0.25) is 0 Å². The summed E-state index contributed by atoms with van der Waals surface area (Å²) in [4.78, 5) is 0.770. The molecule has 2 N–H and O–H groups in total. The maximum atomic E-state index is 12.0. The number of phenolic OH excluding ortho intramolecular Hbond substituents is 1. The minimum Gasteiger partial charge on any atom is -0.507 e. The molecule has 18 heavy (non-hydrogen) atoms. The van der Waals surface area contributed by atoms with E-state index in [0.29, 0.717) is 0 Å². The third kappa shape index (κ3) is 2.92. The molecule has 0 spiro atoms. The summed E-state index contributed by atoms with van der Waals surface area (Å²) in [5, 5.41) is 11.4. The molecule has 2 aromatic rings. The smallest absolute Gasteiger partial charge is 0.244 e. The number of halogens is 1. The Kier molecular flexibility index (Phi) is 4.06. The van der Waals surface area contributed by atoms with Crippen molar-refractivity contribution in [3.8, 4) is 5.75 Å². The largest absolute Gasteiger partial charge is 0.507 e. The number of nitrogens with one attached hydrogen (secondary N) is 1. The number of hydrogen-bond acceptors (Lipinski definition) is 4. The van der Waals surface area contributed by atoms with Crippen molar-refractivity contribution >= 4 is 37.3 Å². The lowest BCUT2D eigenvalue weighted by Gasteiger charge is -2.07. The van der Waals surface area contributed by atoms with Crippen molar-refractivity contribution in [1.82, 2.24) is 4.72 Å². The highest BCUT2D eigenvalue weighted by atomic mass is 79.9. The number of aromatic hydroxyl groups is 1. The SMILES string of the molecule is O=S(=O)(NCc1sccc1Br)c1ccccc1O. The molecule has 0 aliphatic rings. The molecule has 0 aliphatic carbocycles. The van der Waals surface area contributed by atoms with Gasteiger partial charge in [-0.15, -0.1) is 11.3 Å². The minimum atomic E-state index is -3.70. The predicted octanol–water partition coefficient (Wildman–Crippen LogP) is 2.69. The van der Waals surface area contributed by atoms with Crippen LogP contribution >= 0.6 is 27.3 Å². The fourth-order valence-electron chi connectivity index (χ4n) is 1.37. The average Bonchev–Trinajstić information content (AvgIpc) is 2.73. The van der Waals surface area contributed by atoms with E-state index >= 15 is 0 Å². The summed E-state index contributed by atoms with van der Waals surface area (Å²) >= 11 is 4.78. The molecule has 0 saturated carbocycles. The van der Waals surface area contributed by atoms with E-state index in [9.17, 15) is 13.5 Å². The summed E-state index contributed by atoms with van der Waals surface area (Å²) in [6, 6.07) is 7.70. The van der Waals surface area contributed by atoms with E-state index in [4.69, 9.17) is 0 Å². The number of sulfonamides is 1. The first-order valence-electron chi connectivity index (χ1n) is 5.00. The molecule has 2 rings (SSSR count). The Balaban J connectivity index is 2.19. The number of phenols is 1. The van der Waals surface area contributed by atoms with Gasteiger partial charge in [-0.2, -0.15) is 0 Å². The van der Waals surface area contributed by atoms with Gasteiger partial charge >= 0.3 is 0 Å². The van der Waals surface area contributed by atoms with E-state index in [0.717, 1.165) is 9.35 Å². The molecule has 1 aromatic heterocycles. The van der Waals surface area contributed by atoms with Crippen molar-refractivity contribution < 1.29 is 13.5 Å². The van der Waals surface area contributed by atoms with Crippen LogP contribution in [0, 0.1) is 0 Å². The normalized spacial score (nSPS) is 11.6. The number of benzene rings is 1. The second kappa shape index (κ2) is 5.40. The average molecular weight is 348 g/mol. The van der Waals surface area contributed by atoms with Crippen molar-refractivity contribution in [3.63, 3.8) is 0 Å². The van der Waals surface area contributed by atoms with Crippen molar-refractivity contribution in [3.05, 3.63) is 45.1 Å². The van der Waals surface area contributed by atoms with E-state index in [1.165, 1.54) is 23.5 Å². The van der Waals surface area contributed by atoms with Gasteiger partial charge in [0.1, 0.15) is 10.6 Å². The minimum absolute atomic E-state index is 0.113. The summed E-state index contributed by atoms with van der Waals surface area (Å²) in [5.41, 5.74) is 0. The van der Waals surface area contributed by atoms with Crippen molar-refractivity contribution in [2.45, 2.75) is 11.4 Å². The molecular weight excluding hydrogens is 338 g/mol. The summed E-state index contributed by atoms with van der Waals surface area (Å²) in [6.45, 7) is 0.189. The topological polar surface area (TPSA) is 66.4 Å². The molecule has 0 saturated heterocycles. The second-order valence-electron chi connectivity index (χ2n) is 3.48. The van der Waals surface area contributed by atoms with Gasteiger partial charge in [0.05, 0.1) is 0 Å². The molecule has 0 radical (unpaired) electrons. The van der Waals surface area contributed by atoms with E-state index in [2.05, 4.69) is 20.7 Å². The van der Waals surface area contributed by atoms with E-state index in [1.54, 1.807) is 12.1 Å². The van der Waals surface area contributed by atoms with Crippen LogP contribution in [-0.2, 0) is 16.6 Å². The van der Waals surface area contributed by atoms with Crippen LogP contribution in [0.15, 0.2) is 45.1 Å². The standard InChI is InChI=1S/C11H10BrNO3S2/c12-8-5-6-17-10(8)7-13-18(15,16)11-4-2-1-3-9(11)14/h1-6,13-14H,7H2. The summed E-state index contributed by atoms with van der Waals surface area (Å²) in [6.07, 6.45) is 0. The maximum absolute atomic E-state index is 12.0. The molecule has 7 heteroatoms. The first-order chi connectivity index (χ1) is 8.50. The van der Waals surface area contributed by atoms with E-state index < -0.39 is 10.0 Å². The highest BCUT2D eigenvalue weighted by molar-refractivity contribution is 9.10. The van der Waals surface area contributed by atoms with E-state index in [-0.39, 0.29) is 17.2 Å². The third-order valence-corrected chi connectivity index (χ3v) is 5.64. The van der Waals surface area contributed by atoms with Crippen molar-refractivity contribution in [1.29, 1.82) is 0 Å². The first kappa shape index (κ1) is 13.5. The monoisotopic (exact) mass is 347 g/mol. The molecule has 0 atom stereocenters. The van der Waals surface area contributed by atoms with Gasteiger partial charge in [0.25, 0.3) is 0 Å². The maximum Gasteiger partial charge on any atom is 0.244 e. The molecule has 0 bridgehead atoms. The highest BCUT2D eigenvalue weighted by Crippen LogP contribution is 2.24. The molecule has 0 aliphatic heterocycles. The fraction of sp³-hybridized carbons (Fsp3) is 0.0909. The Bertz CT molecular complexity index is 652. The lowest BCUT2D eigenvalue weighted by atomic mass is 10.3. The number of thiophene rings is 1. The molecular formula is C11H10BrNO3S2. The van der Waals surface area contributed by atoms with Crippen molar-refractivity contribution in [2.75, 3.05) is 0 Å². The van der Waals surface area contributed by atoms with Crippen LogP contribution in [-0.4, -0.2) is 13.5 Å². The predicted molar refractivity (Wildman–Crippen MR) is 74.2 cm³/mol. The number of para-hydroxylation sites is 1. The lowest BCUT2D eigenvalue weighted by Crippen LogP contribution is -2.23. The van der Waals surface area contributed by atoms with E-state index in [1.807, 2.05) is 11.4 Å². The molecule has 0 amide bonds. The Hall–Kier alpha value is -0.890. The fourth-order valence-corrected chi connectivity index (χ4v) is 3.99. The Morgan fingerprint density at radius 2 is 2.00 bits per heavy atom. The third-order valence-electron chi connectivity index (χ3n) is 2.27. The molecule has 0 unspecified atom stereocenters. The first-order valence-corrected chi connectivity index (χ1v) is 8.16. The Morgan fingerprint density at radius 3 is 2.61 bits per heavy atom. The van der Waals surface area contributed by atoms with Crippen molar-refractivity contribution in [2.24, 2.45) is 0 Å². The summed E-state index contributed by atoms with van der Waals surface area (Å²) in [5.74, 6) is -0.254. The van der Waals surface area contributed by atoms with Gasteiger partial charge in [0, 0.05) is 15.9 Å². The Labute approximate surface area is 117 Å².